The maximum absolute atomic E-state index is 13.2. The highest BCUT2D eigenvalue weighted by atomic mass is 127. The van der Waals surface area contributed by atoms with Crippen LogP contribution in [-0.2, 0) is 0 Å². The van der Waals surface area contributed by atoms with Crippen LogP contribution in [-0.4, -0.2) is 55.3 Å². The molecule has 40 heavy (non-hydrogen) atoms. The Kier molecular flexibility index (Phi) is 9.37. The quantitative estimate of drug-likeness (QED) is 0.0570. The molecule has 1 atom stereocenters. The van der Waals surface area contributed by atoms with E-state index in [1.807, 2.05) is 20.8 Å². The number of carboxylic acids is 1. The molecule has 0 aliphatic heterocycles. The number of hydrogen-bond donors (Lipinski definition) is 5. The number of benzene rings is 2. The van der Waals surface area contributed by atoms with E-state index in [-0.39, 0.29) is 51.8 Å². The van der Waals surface area contributed by atoms with Crippen LogP contribution in [0, 0.1) is 10.8 Å². The van der Waals surface area contributed by atoms with Gasteiger partial charge in [0.05, 0.1) is 18.2 Å². The van der Waals surface area contributed by atoms with E-state index < -0.39 is 33.1 Å². The summed E-state index contributed by atoms with van der Waals surface area (Å²) in [6, 6.07) is 11.9. The van der Waals surface area contributed by atoms with E-state index in [2.05, 4.69) is 10.3 Å². The van der Waals surface area contributed by atoms with Gasteiger partial charge in [-0.15, -0.1) is 0 Å². The highest BCUT2D eigenvalue weighted by Gasteiger charge is 2.27. The van der Waals surface area contributed by atoms with Crippen molar-refractivity contribution in [1.82, 2.24) is 10.3 Å². The van der Waals surface area contributed by atoms with Crippen LogP contribution in [0.5, 0.6) is 5.75 Å². The molecule has 1 heterocycles. The first-order chi connectivity index (χ1) is 18.7. The Morgan fingerprint density at radius 3 is 2.15 bits per heavy atom. The van der Waals surface area contributed by atoms with Gasteiger partial charge in [0.15, 0.2) is 5.69 Å². The third kappa shape index (κ3) is 7.07. The number of nitrogens with two attached hydrogens (primary N) is 1. The fourth-order valence-electron chi connectivity index (χ4n) is 3.67. The number of amides is 1. The number of aromatic nitrogens is 1. The fourth-order valence-corrected chi connectivity index (χ4v) is 3.97. The van der Waals surface area contributed by atoms with Gasteiger partial charge in [-0.2, -0.15) is 0 Å². The topological polar surface area (TPSA) is 193 Å². The Labute approximate surface area is 243 Å². The smallest absolute Gasteiger partial charge is 0.362 e. The predicted octanol–water partition coefficient (Wildman–Crippen LogP) is 3.66. The van der Waals surface area contributed by atoms with Crippen LogP contribution in [0.4, 0.5) is 0 Å². The van der Waals surface area contributed by atoms with Gasteiger partial charge < -0.3 is 26.0 Å². The third-order valence-corrected chi connectivity index (χ3v) is 6.55. The number of hydrogen-bond acceptors (Lipinski definition) is 8. The van der Waals surface area contributed by atoms with Crippen LogP contribution >= 0.6 is 22.6 Å². The van der Waals surface area contributed by atoms with Gasteiger partial charge >= 0.3 is 11.9 Å². The first-order valence-electron chi connectivity index (χ1n) is 11.9. The highest BCUT2D eigenvalue weighted by molar-refractivity contribution is 14.1. The van der Waals surface area contributed by atoms with Gasteiger partial charge in [-0.05, 0) is 59.5 Å². The molecule has 0 bridgehead atoms. The van der Waals surface area contributed by atoms with Crippen molar-refractivity contribution in [2.24, 2.45) is 11.1 Å². The molecule has 0 spiro atoms. The zero-order chi connectivity index (χ0) is 29.8. The number of aliphatic hydroxyl groups excluding tert-OH is 1. The van der Waals surface area contributed by atoms with E-state index in [0.29, 0.717) is 5.56 Å². The number of aliphatic hydroxyl groups is 1. The number of esters is 1. The van der Waals surface area contributed by atoms with Gasteiger partial charge in [-0.1, -0.05) is 26.8 Å². The molecule has 0 aliphatic rings. The first kappa shape index (κ1) is 30.4. The summed E-state index contributed by atoms with van der Waals surface area (Å²) in [7, 11) is 0. The molecule has 0 radical (unpaired) electrons. The van der Waals surface area contributed by atoms with E-state index in [0.717, 1.165) is 6.07 Å². The molecule has 3 aromatic rings. The minimum atomic E-state index is -1.37. The minimum absolute atomic E-state index is 0.0329. The molecule has 12 heteroatoms. The Balaban J connectivity index is 2.06. The lowest BCUT2D eigenvalue weighted by Crippen LogP contribution is -2.46. The number of carbonyl (C=O) groups excluding carboxylic acids is 3. The maximum atomic E-state index is 13.2. The lowest BCUT2D eigenvalue weighted by Gasteiger charge is -2.29. The van der Waals surface area contributed by atoms with E-state index in [1.54, 1.807) is 0 Å². The largest absolute Gasteiger partial charge is 0.478 e. The van der Waals surface area contributed by atoms with Crippen molar-refractivity contribution in [2.75, 3.05) is 6.61 Å². The normalized spacial score (nSPS) is 11.8. The van der Waals surface area contributed by atoms with Gasteiger partial charge in [0, 0.05) is 39.3 Å². The molecule has 11 nitrogen and oxygen atoms in total. The van der Waals surface area contributed by atoms with Gasteiger partial charge in [-0.25, -0.2) is 14.6 Å². The molecule has 0 unspecified atom stereocenters. The number of amidine groups is 1. The van der Waals surface area contributed by atoms with Crippen molar-refractivity contribution in [3.8, 4) is 16.9 Å². The van der Waals surface area contributed by atoms with Crippen LogP contribution in [0.15, 0.2) is 54.6 Å². The van der Waals surface area contributed by atoms with Gasteiger partial charge in [0.2, 0.25) is 3.79 Å². The number of aromatic carboxylic acids is 1. The van der Waals surface area contributed by atoms with Crippen molar-refractivity contribution < 1.29 is 34.1 Å². The summed E-state index contributed by atoms with van der Waals surface area (Å²) in [5.41, 5.74) is 4.93. The second-order valence-corrected chi connectivity index (χ2v) is 10.8. The van der Waals surface area contributed by atoms with Gasteiger partial charge in [0.1, 0.15) is 17.3 Å². The maximum Gasteiger partial charge on any atom is 0.362 e. The molecule has 1 amide bonds. The number of halogens is 1. The summed E-state index contributed by atoms with van der Waals surface area (Å²) in [5, 5.41) is 29.8. The van der Waals surface area contributed by atoms with Crippen molar-refractivity contribution >= 4 is 50.1 Å². The number of carbonyl (C=O) groups is 4. The summed E-state index contributed by atoms with van der Waals surface area (Å²) in [6.45, 7) is 5.22. The number of nitrogens with one attached hydrogen (secondary N) is 2. The molecule has 2 aromatic carbocycles. The average Bonchev–Trinajstić information content (AvgIpc) is 2.90. The number of pyridine rings is 1. The summed E-state index contributed by atoms with van der Waals surface area (Å²) < 4.78 is 4.97. The number of rotatable bonds is 9. The lowest BCUT2D eigenvalue weighted by molar-refractivity contribution is 0.0693. The average molecular weight is 658 g/mol. The zero-order valence-corrected chi connectivity index (χ0v) is 24.0. The third-order valence-electron chi connectivity index (χ3n) is 6.00. The highest BCUT2D eigenvalue weighted by Crippen LogP contribution is 2.30. The second kappa shape index (κ2) is 12.3. The fraction of sp³-hybridized carbons (Fsp3) is 0.214. The standard InChI is InChI=1S/C28H27IN4O7/c1-28(2,3)21(13-34)33-25(36)15-6-9-17(19(12-15)26(37)38)18-10-11-20(23(29)35)32-22(18)27(39)40-16-7-4-14(5-8-16)24(30)31/h4-12,21,34H,13H2,1-3H3,(H3,30,31)(H,33,36)(H,37,38)/t21-/m1/s1. The number of nitrogen functional groups attached to an aromatic ring is 1. The predicted molar refractivity (Wildman–Crippen MR) is 155 cm³/mol. The van der Waals surface area contributed by atoms with Crippen LogP contribution < -0.4 is 15.8 Å². The summed E-state index contributed by atoms with van der Waals surface area (Å²) >= 11 is 1.51. The molecule has 0 aliphatic carbocycles. The van der Waals surface area contributed by atoms with Crippen molar-refractivity contribution in [3.05, 3.63) is 82.7 Å². The Morgan fingerprint density at radius 1 is 1.02 bits per heavy atom. The van der Waals surface area contributed by atoms with Crippen LogP contribution in [0.3, 0.4) is 0 Å². The Bertz CT molecular complexity index is 1500. The molecule has 0 saturated heterocycles. The van der Waals surface area contributed by atoms with Crippen molar-refractivity contribution in [2.45, 2.75) is 26.8 Å². The lowest BCUT2D eigenvalue weighted by atomic mass is 9.87. The SMILES string of the molecule is CC(C)(C)[C@@H](CO)NC(=O)c1ccc(-c2ccc(C(=O)I)nc2C(=O)Oc2ccc(C(=N)N)cc2)c(C(=O)O)c1. The summed E-state index contributed by atoms with van der Waals surface area (Å²) in [4.78, 5) is 54.5. The van der Waals surface area contributed by atoms with E-state index in [1.165, 1.54) is 71.1 Å². The monoisotopic (exact) mass is 658 g/mol. The van der Waals surface area contributed by atoms with E-state index >= 15 is 0 Å². The molecule has 0 saturated carbocycles. The van der Waals surface area contributed by atoms with Crippen LogP contribution in [0.1, 0.15) is 68.0 Å². The second-order valence-electron chi connectivity index (χ2n) is 9.83. The Morgan fingerprint density at radius 2 is 1.62 bits per heavy atom. The number of carboxylic acid groups (broad SMARTS) is 1. The van der Waals surface area contributed by atoms with Gasteiger partial charge in [-0.3, -0.25) is 15.0 Å². The summed E-state index contributed by atoms with van der Waals surface area (Å²) in [5.74, 6) is -2.97. The Hall–Kier alpha value is -4.17. The molecule has 1 aromatic heterocycles. The van der Waals surface area contributed by atoms with Crippen LogP contribution in [0.25, 0.3) is 11.1 Å². The number of ether oxygens (including phenoxy) is 1. The molecule has 6 N–H and O–H groups in total. The molecule has 208 valence electrons. The van der Waals surface area contributed by atoms with Crippen molar-refractivity contribution in [1.29, 1.82) is 5.41 Å². The number of nitrogens with zero attached hydrogens (tertiary/aromatic N) is 1. The van der Waals surface area contributed by atoms with Crippen LogP contribution in [0.2, 0.25) is 0 Å². The molecular weight excluding hydrogens is 631 g/mol. The first-order valence-corrected chi connectivity index (χ1v) is 13.0. The molecule has 3 rings (SSSR count). The van der Waals surface area contributed by atoms with Crippen molar-refractivity contribution in [3.63, 3.8) is 0 Å². The molecular formula is C28H27IN4O7. The minimum Gasteiger partial charge on any atom is -0.478 e. The van der Waals surface area contributed by atoms with E-state index in [4.69, 9.17) is 15.9 Å². The zero-order valence-electron chi connectivity index (χ0n) is 21.8. The van der Waals surface area contributed by atoms with Gasteiger partial charge in [0.25, 0.3) is 5.91 Å². The summed E-state index contributed by atoms with van der Waals surface area (Å²) in [6.07, 6.45) is 0. The van der Waals surface area contributed by atoms with E-state index in [9.17, 15) is 29.4 Å². The molecule has 0 fully saturated rings.